The molecule has 1 aromatic carbocycles. The van der Waals surface area contributed by atoms with Crippen molar-refractivity contribution in [2.45, 2.75) is 25.3 Å². The smallest absolute Gasteiger partial charge is 0.0681 e. The standard InChI is InChI=1S/C11H15NO/c1-11(8-5-9-12(11)13)10-6-3-2-4-7-10/h2-4,6-7,13H,5,8-9H2,1H3. The quantitative estimate of drug-likeness (QED) is 0.712. The van der Waals surface area contributed by atoms with Gasteiger partial charge in [0.15, 0.2) is 0 Å². The van der Waals surface area contributed by atoms with Gasteiger partial charge in [0.2, 0.25) is 0 Å². The Morgan fingerprint density at radius 1 is 1.31 bits per heavy atom. The van der Waals surface area contributed by atoms with Gasteiger partial charge in [0.1, 0.15) is 0 Å². The van der Waals surface area contributed by atoms with Crippen molar-refractivity contribution in [1.82, 2.24) is 5.06 Å². The van der Waals surface area contributed by atoms with Gasteiger partial charge < -0.3 is 5.21 Å². The third-order valence-corrected chi connectivity index (χ3v) is 3.00. The third kappa shape index (κ3) is 1.36. The van der Waals surface area contributed by atoms with Crippen molar-refractivity contribution in [2.75, 3.05) is 6.54 Å². The Labute approximate surface area is 78.8 Å². The van der Waals surface area contributed by atoms with Crippen LogP contribution in [0.2, 0.25) is 0 Å². The van der Waals surface area contributed by atoms with Crippen molar-refractivity contribution in [2.24, 2.45) is 0 Å². The molecule has 2 heteroatoms. The Bertz CT molecular complexity index is 285. The summed E-state index contributed by atoms with van der Waals surface area (Å²) in [6, 6.07) is 10.2. The third-order valence-electron chi connectivity index (χ3n) is 3.00. The summed E-state index contributed by atoms with van der Waals surface area (Å²) in [5, 5.41) is 11.2. The van der Waals surface area contributed by atoms with Crippen LogP contribution in [-0.4, -0.2) is 16.8 Å². The first-order valence-electron chi connectivity index (χ1n) is 4.75. The van der Waals surface area contributed by atoms with Gasteiger partial charge in [-0.15, -0.1) is 0 Å². The SMILES string of the molecule is CC1(c2ccccc2)CCCN1O. The first-order valence-corrected chi connectivity index (χ1v) is 4.75. The minimum absolute atomic E-state index is 0.165. The van der Waals surface area contributed by atoms with Gasteiger partial charge in [0.25, 0.3) is 0 Å². The molecule has 2 nitrogen and oxygen atoms in total. The van der Waals surface area contributed by atoms with Crippen molar-refractivity contribution in [3.8, 4) is 0 Å². The molecule has 1 fully saturated rings. The van der Waals surface area contributed by atoms with Crippen LogP contribution in [0, 0.1) is 0 Å². The summed E-state index contributed by atoms with van der Waals surface area (Å²) >= 11 is 0. The van der Waals surface area contributed by atoms with E-state index in [2.05, 4.69) is 19.1 Å². The molecular weight excluding hydrogens is 162 g/mol. The Balaban J connectivity index is 2.34. The molecule has 0 saturated carbocycles. The first-order chi connectivity index (χ1) is 6.23. The molecule has 2 rings (SSSR count). The zero-order chi connectivity index (χ0) is 9.31. The molecule has 0 spiro atoms. The van der Waals surface area contributed by atoms with Crippen LogP contribution in [0.25, 0.3) is 0 Å². The molecule has 1 aliphatic heterocycles. The fourth-order valence-corrected chi connectivity index (χ4v) is 2.04. The summed E-state index contributed by atoms with van der Waals surface area (Å²) in [5.41, 5.74) is 1.04. The van der Waals surface area contributed by atoms with Crippen molar-refractivity contribution in [1.29, 1.82) is 0 Å². The predicted octanol–water partition coefficient (Wildman–Crippen LogP) is 2.39. The van der Waals surface area contributed by atoms with E-state index in [4.69, 9.17) is 0 Å². The maximum absolute atomic E-state index is 9.73. The summed E-state index contributed by atoms with van der Waals surface area (Å²) in [7, 11) is 0. The lowest BCUT2D eigenvalue weighted by Crippen LogP contribution is -2.35. The summed E-state index contributed by atoms with van der Waals surface area (Å²) in [6.07, 6.45) is 2.11. The van der Waals surface area contributed by atoms with Crippen LogP contribution in [0.15, 0.2) is 30.3 Å². The molecule has 70 valence electrons. The molecule has 1 saturated heterocycles. The number of hydroxylamine groups is 2. The zero-order valence-electron chi connectivity index (χ0n) is 7.90. The molecular formula is C11H15NO. The van der Waals surface area contributed by atoms with Crippen LogP contribution in [0.3, 0.4) is 0 Å². The largest absolute Gasteiger partial charge is 0.313 e. The van der Waals surface area contributed by atoms with Gasteiger partial charge in [0, 0.05) is 6.54 Å². The number of hydrogen-bond donors (Lipinski definition) is 1. The van der Waals surface area contributed by atoms with Crippen molar-refractivity contribution in [3.63, 3.8) is 0 Å². The molecule has 1 N–H and O–H groups in total. The fraction of sp³-hybridized carbons (Fsp3) is 0.455. The second kappa shape index (κ2) is 3.13. The highest BCUT2D eigenvalue weighted by Gasteiger charge is 2.37. The zero-order valence-corrected chi connectivity index (χ0v) is 7.90. The van der Waals surface area contributed by atoms with E-state index in [1.807, 2.05) is 18.2 Å². The molecule has 1 heterocycles. The van der Waals surface area contributed by atoms with E-state index >= 15 is 0 Å². The van der Waals surface area contributed by atoms with Crippen LogP contribution >= 0.6 is 0 Å². The molecule has 0 aromatic heterocycles. The van der Waals surface area contributed by atoms with Crippen LogP contribution in [0.4, 0.5) is 0 Å². The normalized spacial score (nSPS) is 29.4. The highest BCUT2D eigenvalue weighted by atomic mass is 16.5. The molecule has 0 amide bonds. The van der Waals surface area contributed by atoms with E-state index in [1.54, 1.807) is 0 Å². The summed E-state index contributed by atoms with van der Waals surface area (Å²) in [6.45, 7) is 2.88. The van der Waals surface area contributed by atoms with Crippen LogP contribution in [-0.2, 0) is 5.54 Å². The molecule has 0 bridgehead atoms. The number of nitrogens with zero attached hydrogens (tertiary/aromatic N) is 1. The van der Waals surface area contributed by atoms with E-state index in [-0.39, 0.29) is 5.54 Å². The molecule has 0 aliphatic carbocycles. The predicted molar refractivity (Wildman–Crippen MR) is 51.5 cm³/mol. The molecule has 1 atom stereocenters. The Hall–Kier alpha value is -0.860. The Kier molecular flexibility index (Phi) is 2.10. The number of hydrogen-bond acceptors (Lipinski definition) is 2. The van der Waals surface area contributed by atoms with Crippen molar-refractivity contribution < 1.29 is 5.21 Å². The average Bonchev–Trinajstić information content (AvgIpc) is 2.50. The molecule has 1 unspecified atom stereocenters. The van der Waals surface area contributed by atoms with Gasteiger partial charge in [-0.1, -0.05) is 30.3 Å². The summed E-state index contributed by atoms with van der Waals surface area (Å²) < 4.78 is 0. The molecule has 1 aromatic rings. The lowest BCUT2D eigenvalue weighted by molar-refractivity contribution is -0.146. The highest BCUT2D eigenvalue weighted by molar-refractivity contribution is 5.24. The second-order valence-electron chi connectivity index (χ2n) is 3.87. The lowest BCUT2D eigenvalue weighted by Gasteiger charge is -2.30. The van der Waals surface area contributed by atoms with Gasteiger partial charge >= 0.3 is 0 Å². The average molecular weight is 177 g/mol. The van der Waals surface area contributed by atoms with E-state index in [9.17, 15) is 5.21 Å². The van der Waals surface area contributed by atoms with Crippen LogP contribution in [0.1, 0.15) is 25.3 Å². The van der Waals surface area contributed by atoms with Crippen LogP contribution < -0.4 is 0 Å². The fourth-order valence-electron chi connectivity index (χ4n) is 2.04. The summed E-state index contributed by atoms with van der Waals surface area (Å²) in [5.74, 6) is 0. The van der Waals surface area contributed by atoms with Gasteiger partial charge in [-0.2, -0.15) is 5.06 Å². The van der Waals surface area contributed by atoms with Gasteiger partial charge in [-0.3, -0.25) is 0 Å². The van der Waals surface area contributed by atoms with E-state index in [1.165, 1.54) is 10.6 Å². The minimum atomic E-state index is -0.165. The van der Waals surface area contributed by atoms with Crippen molar-refractivity contribution in [3.05, 3.63) is 35.9 Å². The van der Waals surface area contributed by atoms with Crippen molar-refractivity contribution >= 4 is 0 Å². The summed E-state index contributed by atoms with van der Waals surface area (Å²) in [4.78, 5) is 0. The second-order valence-corrected chi connectivity index (χ2v) is 3.87. The minimum Gasteiger partial charge on any atom is -0.313 e. The van der Waals surface area contributed by atoms with E-state index in [0.29, 0.717) is 0 Å². The molecule has 13 heavy (non-hydrogen) atoms. The topological polar surface area (TPSA) is 23.5 Å². The monoisotopic (exact) mass is 177 g/mol. The van der Waals surface area contributed by atoms with E-state index in [0.717, 1.165) is 19.4 Å². The maximum atomic E-state index is 9.73. The van der Waals surface area contributed by atoms with E-state index < -0.39 is 0 Å². The van der Waals surface area contributed by atoms with Gasteiger partial charge in [-0.05, 0) is 25.3 Å². The van der Waals surface area contributed by atoms with Crippen LogP contribution in [0.5, 0.6) is 0 Å². The molecule has 0 radical (unpaired) electrons. The molecule has 1 aliphatic rings. The Morgan fingerprint density at radius 2 is 2.00 bits per heavy atom. The van der Waals surface area contributed by atoms with Gasteiger partial charge in [0.05, 0.1) is 5.54 Å². The first kappa shape index (κ1) is 8.73. The Morgan fingerprint density at radius 3 is 2.54 bits per heavy atom. The maximum Gasteiger partial charge on any atom is 0.0681 e. The number of benzene rings is 1. The lowest BCUT2D eigenvalue weighted by atomic mass is 9.90. The highest BCUT2D eigenvalue weighted by Crippen LogP contribution is 2.36. The number of rotatable bonds is 1. The van der Waals surface area contributed by atoms with Gasteiger partial charge in [-0.25, -0.2) is 0 Å².